The molecule has 0 aliphatic heterocycles. The predicted octanol–water partition coefficient (Wildman–Crippen LogP) is 1.13. The minimum absolute atomic E-state index is 0.0385. The number of aromatic carboxylic acids is 1. The number of carbonyl (C=O) groups is 2. The maximum atomic E-state index is 11.9. The van der Waals surface area contributed by atoms with Crippen molar-refractivity contribution in [3.8, 4) is 0 Å². The number of pyridine rings is 1. The molecule has 7 heteroatoms. The van der Waals surface area contributed by atoms with Crippen LogP contribution in [0.5, 0.6) is 0 Å². The molecule has 0 bridgehead atoms. The Labute approximate surface area is 108 Å². The third-order valence-corrected chi connectivity index (χ3v) is 2.31. The Morgan fingerprint density at radius 3 is 2.63 bits per heavy atom. The summed E-state index contributed by atoms with van der Waals surface area (Å²) in [6, 6.07) is 1.30. The first kappa shape index (κ1) is 12.6. The highest BCUT2D eigenvalue weighted by molar-refractivity contribution is 6.06. The highest BCUT2D eigenvalue weighted by Gasteiger charge is 2.14. The van der Waals surface area contributed by atoms with Crippen molar-refractivity contribution in [2.75, 3.05) is 5.32 Å². The van der Waals surface area contributed by atoms with E-state index in [2.05, 4.69) is 20.3 Å². The van der Waals surface area contributed by atoms with Crippen LogP contribution in [0.2, 0.25) is 0 Å². The van der Waals surface area contributed by atoms with E-state index in [-0.39, 0.29) is 16.9 Å². The normalized spacial score (nSPS) is 9.95. The molecule has 0 aliphatic rings. The first-order valence-corrected chi connectivity index (χ1v) is 5.35. The zero-order valence-electron chi connectivity index (χ0n) is 9.99. The summed E-state index contributed by atoms with van der Waals surface area (Å²) in [4.78, 5) is 34.5. The number of hydrogen-bond donors (Lipinski definition) is 2. The standard InChI is InChI=1S/C12H10N4O3/c1-7-4-15-10(6-14-7)11(17)16-9-5-13-3-2-8(9)12(18)19/h2-6H,1H3,(H,16,17)(H,18,19). The maximum absolute atomic E-state index is 11.9. The van der Waals surface area contributed by atoms with E-state index < -0.39 is 11.9 Å². The fraction of sp³-hybridized carbons (Fsp3) is 0.0833. The molecule has 1 amide bonds. The Morgan fingerprint density at radius 1 is 1.21 bits per heavy atom. The van der Waals surface area contributed by atoms with Crippen LogP contribution in [0.25, 0.3) is 0 Å². The molecular formula is C12H10N4O3. The van der Waals surface area contributed by atoms with Crippen LogP contribution >= 0.6 is 0 Å². The number of nitrogens with one attached hydrogen (secondary N) is 1. The fourth-order valence-corrected chi connectivity index (χ4v) is 1.38. The SMILES string of the molecule is Cc1cnc(C(=O)Nc2cnccc2C(=O)O)cn1. The second kappa shape index (κ2) is 5.21. The number of rotatable bonds is 3. The molecule has 2 N–H and O–H groups in total. The van der Waals surface area contributed by atoms with Crippen LogP contribution < -0.4 is 5.32 Å². The Kier molecular flexibility index (Phi) is 3.46. The fourth-order valence-electron chi connectivity index (χ4n) is 1.38. The molecule has 0 fully saturated rings. The molecule has 7 nitrogen and oxygen atoms in total. The molecule has 2 heterocycles. The van der Waals surface area contributed by atoms with E-state index in [4.69, 9.17) is 5.11 Å². The minimum atomic E-state index is -1.15. The summed E-state index contributed by atoms with van der Waals surface area (Å²) >= 11 is 0. The van der Waals surface area contributed by atoms with Crippen molar-refractivity contribution >= 4 is 17.6 Å². The Bertz CT molecular complexity index is 625. The molecule has 96 valence electrons. The number of carboxylic acid groups (broad SMARTS) is 1. The lowest BCUT2D eigenvalue weighted by Gasteiger charge is -2.06. The van der Waals surface area contributed by atoms with Gasteiger partial charge in [0.2, 0.25) is 0 Å². The molecule has 0 saturated heterocycles. The van der Waals surface area contributed by atoms with Gasteiger partial charge in [-0.1, -0.05) is 0 Å². The molecule has 0 spiro atoms. The average Bonchev–Trinajstić information content (AvgIpc) is 2.39. The summed E-state index contributed by atoms with van der Waals surface area (Å²) in [7, 11) is 0. The third kappa shape index (κ3) is 2.89. The maximum Gasteiger partial charge on any atom is 0.337 e. The van der Waals surface area contributed by atoms with Crippen LogP contribution in [0.3, 0.4) is 0 Å². The van der Waals surface area contributed by atoms with Crippen molar-refractivity contribution in [1.82, 2.24) is 15.0 Å². The molecule has 0 radical (unpaired) electrons. The number of carbonyl (C=O) groups excluding carboxylic acids is 1. The van der Waals surface area contributed by atoms with Crippen molar-refractivity contribution in [2.24, 2.45) is 0 Å². The van der Waals surface area contributed by atoms with Gasteiger partial charge >= 0.3 is 5.97 Å². The average molecular weight is 258 g/mol. The van der Waals surface area contributed by atoms with Gasteiger partial charge in [0.25, 0.3) is 5.91 Å². The summed E-state index contributed by atoms with van der Waals surface area (Å²) in [6.45, 7) is 1.75. The largest absolute Gasteiger partial charge is 0.478 e. The van der Waals surface area contributed by atoms with E-state index in [1.807, 2.05) is 0 Å². The van der Waals surface area contributed by atoms with Crippen molar-refractivity contribution in [3.63, 3.8) is 0 Å². The highest BCUT2D eigenvalue weighted by atomic mass is 16.4. The topological polar surface area (TPSA) is 105 Å². The van der Waals surface area contributed by atoms with E-state index in [1.165, 1.54) is 30.9 Å². The molecule has 0 aromatic carbocycles. The van der Waals surface area contributed by atoms with E-state index >= 15 is 0 Å². The number of nitrogens with zero attached hydrogens (tertiary/aromatic N) is 3. The molecule has 2 aromatic rings. The van der Waals surface area contributed by atoms with Crippen LogP contribution in [0.1, 0.15) is 26.5 Å². The van der Waals surface area contributed by atoms with Gasteiger partial charge in [0.05, 0.1) is 29.3 Å². The van der Waals surface area contributed by atoms with Crippen LogP contribution in [0.15, 0.2) is 30.9 Å². The van der Waals surface area contributed by atoms with E-state index in [9.17, 15) is 9.59 Å². The monoisotopic (exact) mass is 258 g/mol. The van der Waals surface area contributed by atoms with E-state index in [0.29, 0.717) is 5.69 Å². The summed E-state index contributed by atoms with van der Waals surface area (Å²) in [5.41, 5.74) is 0.862. The lowest BCUT2D eigenvalue weighted by atomic mass is 10.2. The molecule has 0 unspecified atom stereocenters. The lowest BCUT2D eigenvalue weighted by Crippen LogP contribution is -2.16. The highest BCUT2D eigenvalue weighted by Crippen LogP contribution is 2.14. The van der Waals surface area contributed by atoms with Crippen molar-refractivity contribution < 1.29 is 14.7 Å². The van der Waals surface area contributed by atoms with Gasteiger partial charge in [-0.25, -0.2) is 9.78 Å². The minimum Gasteiger partial charge on any atom is -0.478 e. The van der Waals surface area contributed by atoms with Crippen molar-refractivity contribution in [3.05, 3.63) is 47.8 Å². The van der Waals surface area contributed by atoms with Gasteiger partial charge in [-0.3, -0.25) is 14.8 Å². The molecule has 2 rings (SSSR count). The number of amides is 1. The first-order valence-electron chi connectivity index (χ1n) is 5.35. The lowest BCUT2D eigenvalue weighted by molar-refractivity contribution is 0.0698. The number of carboxylic acids is 1. The predicted molar refractivity (Wildman–Crippen MR) is 65.9 cm³/mol. The molecular weight excluding hydrogens is 248 g/mol. The first-order chi connectivity index (χ1) is 9.08. The van der Waals surface area contributed by atoms with Gasteiger partial charge in [0.15, 0.2) is 0 Å². The Hall–Kier alpha value is -2.83. The van der Waals surface area contributed by atoms with Crippen LogP contribution in [0, 0.1) is 6.92 Å². The number of aromatic nitrogens is 3. The summed E-state index contributed by atoms with van der Waals surface area (Å²) < 4.78 is 0. The Balaban J connectivity index is 2.24. The van der Waals surface area contributed by atoms with Gasteiger partial charge in [0, 0.05) is 12.4 Å². The van der Waals surface area contributed by atoms with Gasteiger partial charge in [-0.2, -0.15) is 0 Å². The van der Waals surface area contributed by atoms with Crippen molar-refractivity contribution in [1.29, 1.82) is 0 Å². The summed E-state index contributed by atoms with van der Waals surface area (Å²) in [6.07, 6.45) is 5.38. The van der Waals surface area contributed by atoms with Crippen LogP contribution in [-0.4, -0.2) is 31.9 Å². The smallest absolute Gasteiger partial charge is 0.337 e. The van der Waals surface area contributed by atoms with Gasteiger partial charge in [-0.05, 0) is 13.0 Å². The molecule has 0 aliphatic carbocycles. The van der Waals surface area contributed by atoms with E-state index in [1.54, 1.807) is 6.92 Å². The quantitative estimate of drug-likeness (QED) is 0.854. The second-order valence-electron chi connectivity index (χ2n) is 3.72. The number of anilines is 1. The zero-order chi connectivity index (χ0) is 13.8. The second-order valence-corrected chi connectivity index (χ2v) is 3.72. The van der Waals surface area contributed by atoms with Crippen LogP contribution in [0.4, 0.5) is 5.69 Å². The molecule has 0 saturated carbocycles. The summed E-state index contributed by atoms with van der Waals surface area (Å²) in [5.74, 6) is -1.68. The van der Waals surface area contributed by atoms with Gasteiger partial charge < -0.3 is 10.4 Å². The summed E-state index contributed by atoms with van der Waals surface area (Å²) in [5, 5.41) is 11.4. The molecule has 19 heavy (non-hydrogen) atoms. The van der Waals surface area contributed by atoms with E-state index in [0.717, 1.165) is 0 Å². The zero-order valence-corrected chi connectivity index (χ0v) is 9.99. The van der Waals surface area contributed by atoms with Crippen molar-refractivity contribution in [2.45, 2.75) is 6.92 Å². The third-order valence-electron chi connectivity index (χ3n) is 2.31. The molecule has 0 atom stereocenters. The number of hydrogen-bond acceptors (Lipinski definition) is 5. The molecule has 2 aromatic heterocycles. The van der Waals surface area contributed by atoms with Gasteiger partial charge in [-0.15, -0.1) is 0 Å². The Morgan fingerprint density at radius 2 is 2.00 bits per heavy atom. The van der Waals surface area contributed by atoms with Crippen LogP contribution in [-0.2, 0) is 0 Å². The number of aryl methyl sites for hydroxylation is 1. The van der Waals surface area contributed by atoms with Gasteiger partial charge in [0.1, 0.15) is 5.69 Å².